The number of nitrogens with one attached hydrogen (secondary N) is 1. The van der Waals surface area contributed by atoms with Crippen LogP contribution in [0.2, 0.25) is 0 Å². The number of hydrogen-bond donors (Lipinski definition) is 3. The average molecular weight is 316 g/mol. The Morgan fingerprint density at radius 1 is 1.50 bits per heavy atom. The van der Waals surface area contributed by atoms with E-state index in [0.717, 1.165) is 6.42 Å². The molecule has 1 aromatic carbocycles. The number of halogens is 1. The summed E-state index contributed by atoms with van der Waals surface area (Å²) in [5, 5.41) is 21.4. The highest BCUT2D eigenvalue weighted by atomic mass is 79.9. The number of carbonyl (C=O) groups excluding carboxylic acids is 1. The van der Waals surface area contributed by atoms with Crippen LogP contribution in [-0.2, 0) is 0 Å². The van der Waals surface area contributed by atoms with Gasteiger partial charge in [0.1, 0.15) is 5.75 Å². The molecule has 1 aromatic rings. The molecule has 5 heteroatoms. The zero-order chi connectivity index (χ0) is 13.8. The Hall–Kier alpha value is -1.07. The molecule has 0 aliphatic carbocycles. The second-order valence-electron chi connectivity index (χ2n) is 4.51. The Balaban J connectivity index is 2.84. The number of rotatable bonds is 5. The maximum absolute atomic E-state index is 12.0. The number of phenols is 1. The van der Waals surface area contributed by atoms with E-state index in [4.69, 9.17) is 5.11 Å². The van der Waals surface area contributed by atoms with Crippen molar-refractivity contribution in [3.8, 4) is 5.75 Å². The minimum absolute atomic E-state index is 0.0240. The predicted octanol–water partition coefficient (Wildman–Crippen LogP) is 2.44. The molecular weight excluding hydrogens is 298 g/mol. The van der Waals surface area contributed by atoms with Crippen LogP contribution in [0.5, 0.6) is 5.75 Å². The van der Waals surface area contributed by atoms with Gasteiger partial charge in [-0.25, -0.2) is 0 Å². The van der Waals surface area contributed by atoms with E-state index in [2.05, 4.69) is 21.2 Å². The second-order valence-corrected chi connectivity index (χ2v) is 5.36. The Morgan fingerprint density at radius 2 is 2.17 bits per heavy atom. The number of amides is 1. The SMILES string of the molecule is CCC(C)(CCO)NC(=O)c1ccc(Br)c(O)c1. The number of aliphatic hydroxyl groups is 1. The molecule has 0 aromatic heterocycles. The van der Waals surface area contributed by atoms with Crippen LogP contribution < -0.4 is 5.32 Å². The molecule has 0 spiro atoms. The van der Waals surface area contributed by atoms with Crippen molar-refractivity contribution in [3.05, 3.63) is 28.2 Å². The molecule has 100 valence electrons. The largest absolute Gasteiger partial charge is 0.507 e. The van der Waals surface area contributed by atoms with Crippen molar-refractivity contribution in [1.29, 1.82) is 0 Å². The molecule has 0 heterocycles. The van der Waals surface area contributed by atoms with Gasteiger partial charge in [0, 0.05) is 17.7 Å². The van der Waals surface area contributed by atoms with Crippen LogP contribution in [0.3, 0.4) is 0 Å². The van der Waals surface area contributed by atoms with E-state index in [9.17, 15) is 9.90 Å². The standard InChI is InChI=1S/C13H18BrNO3/c1-3-13(2,6-7-16)15-12(18)9-4-5-10(14)11(17)8-9/h4-5,8,16-17H,3,6-7H2,1-2H3,(H,15,18). The van der Waals surface area contributed by atoms with Gasteiger partial charge < -0.3 is 15.5 Å². The summed E-state index contributed by atoms with van der Waals surface area (Å²) in [5.41, 5.74) is -0.0394. The van der Waals surface area contributed by atoms with Crippen molar-refractivity contribution < 1.29 is 15.0 Å². The Kier molecular flexibility index (Phi) is 5.16. The van der Waals surface area contributed by atoms with E-state index >= 15 is 0 Å². The zero-order valence-electron chi connectivity index (χ0n) is 10.5. The summed E-state index contributed by atoms with van der Waals surface area (Å²) >= 11 is 3.16. The van der Waals surface area contributed by atoms with E-state index in [1.54, 1.807) is 12.1 Å². The highest BCUT2D eigenvalue weighted by Gasteiger charge is 2.24. The van der Waals surface area contributed by atoms with Gasteiger partial charge in [-0.15, -0.1) is 0 Å². The van der Waals surface area contributed by atoms with E-state index in [0.29, 0.717) is 16.5 Å². The third-order valence-corrected chi connectivity index (χ3v) is 3.74. The van der Waals surface area contributed by atoms with Gasteiger partial charge in [0.2, 0.25) is 0 Å². The van der Waals surface area contributed by atoms with Crippen molar-refractivity contribution in [1.82, 2.24) is 5.32 Å². The molecule has 0 aliphatic heterocycles. The third-order valence-electron chi connectivity index (χ3n) is 3.07. The minimum atomic E-state index is -0.436. The molecule has 4 nitrogen and oxygen atoms in total. The molecule has 18 heavy (non-hydrogen) atoms. The number of aromatic hydroxyl groups is 1. The van der Waals surface area contributed by atoms with Gasteiger partial charge in [-0.3, -0.25) is 4.79 Å². The first-order valence-electron chi connectivity index (χ1n) is 5.84. The maximum atomic E-state index is 12.0. The van der Waals surface area contributed by atoms with Crippen molar-refractivity contribution in [2.45, 2.75) is 32.2 Å². The maximum Gasteiger partial charge on any atom is 0.251 e. The average Bonchev–Trinajstić information content (AvgIpc) is 2.32. The van der Waals surface area contributed by atoms with E-state index in [1.165, 1.54) is 6.07 Å². The Bertz CT molecular complexity index is 436. The lowest BCUT2D eigenvalue weighted by Gasteiger charge is -2.29. The van der Waals surface area contributed by atoms with Crippen LogP contribution in [0.15, 0.2) is 22.7 Å². The molecule has 0 bridgehead atoms. The highest BCUT2D eigenvalue weighted by molar-refractivity contribution is 9.10. The van der Waals surface area contributed by atoms with E-state index < -0.39 is 5.54 Å². The van der Waals surface area contributed by atoms with Crippen molar-refractivity contribution >= 4 is 21.8 Å². The van der Waals surface area contributed by atoms with Gasteiger partial charge in [-0.1, -0.05) is 6.92 Å². The van der Waals surface area contributed by atoms with Gasteiger partial charge in [0.05, 0.1) is 4.47 Å². The lowest BCUT2D eigenvalue weighted by Crippen LogP contribution is -2.46. The summed E-state index contributed by atoms with van der Waals surface area (Å²) in [7, 11) is 0. The molecule has 0 fully saturated rings. The fourth-order valence-electron chi connectivity index (χ4n) is 1.57. The van der Waals surface area contributed by atoms with Crippen LogP contribution in [0.25, 0.3) is 0 Å². The zero-order valence-corrected chi connectivity index (χ0v) is 12.1. The van der Waals surface area contributed by atoms with Gasteiger partial charge >= 0.3 is 0 Å². The Labute approximate surface area is 115 Å². The van der Waals surface area contributed by atoms with E-state index in [-0.39, 0.29) is 18.3 Å². The lowest BCUT2D eigenvalue weighted by molar-refractivity contribution is 0.0885. The summed E-state index contributed by atoms with van der Waals surface area (Å²) in [6.07, 6.45) is 1.22. The topological polar surface area (TPSA) is 69.6 Å². The van der Waals surface area contributed by atoms with Crippen LogP contribution in [0.4, 0.5) is 0 Å². The van der Waals surface area contributed by atoms with Crippen LogP contribution >= 0.6 is 15.9 Å². The lowest BCUT2D eigenvalue weighted by atomic mass is 9.94. The molecule has 1 rings (SSSR count). The number of aliphatic hydroxyl groups excluding tert-OH is 1. The van der Waals surface area contributed by atoms with Crippen LogP contribution in [-0.4, -0.2) is 28.3 Å². The van der Waals surface area contributed by atoms with Crippen LogP contribution in [0, 0.1) is 0 Å². The second kappa shape index (κ2) is 6.20. The van der Waals surface area contributed by atoms with Crippen molar-refractivity contribution in [3.63, 3.8) is 0 Å². The molecule has 1 unspecified atom stereocenters. The first-order chi connectivity index (χ1) is 8.41. The minimum Gasteiger partial charge on any atom is -0.507 e. The molecule has 0 saturated carbocycles. The van der Waals surface area contributed by atoms with Crippen molar-refractivity contribution in [2.75, 3.05) is 6.61 Å². The molecular formula is C13H18BrNO3. The smallest absolute Gasteiger partial charge is 0.251 e. The number of carbonyl (C=O) groups is 1. The molecule has 0 saturated heterocycles. The van der Waals surface area contributed by atoms with Crippen LogP contribution in [0.1, 0.15) is 37.0 Å². The van der Waals surface area contributed by atoms with E-state index in [1.807, 2.05) is 13.8 Å². The molecule has 0 radical (unpaired) electrons. The summed E-state index contributed by atoms with van der Waals surface area (Å²) in [4.78, 5) is 12.0. The molecule has 1 amide bonds. The van der Waals surface area contributed by atoms with Crippen molar-refractivity contribution in [2.24, 2.45) is 0 Å². The van der Waals surface area contributed by atoms with Gasteiger partial charge in [-0.05, 0) is 53.9 Å². The van der Waals surface area contributed by atoms with Gasteiger partial charge in [-0.2, -0.15) is 0 Å². The number of phenolic OH excluding ortho intramolecular Hbond substituents is 1. The fraction of sp³-hybridized carbons (Fsp3) is 0.462. The fourth-order valence-corrected chi connectivity index (χ4v) is 1.82. The predicted molar refractivity (Wildman–Crippen MR) is 73.7 cm³/mol. The molecule has 0 aliphatic rings. The summed E-state index contributed by atoms with van der Waals surface area (Å²) in [6.45, 7) is 3.87. The van der Waals surface area contributed by atoms with Gasteiger partial charge in [0.25, 0.3) is 5.91 Å². The first-order valence-corrected chi connectivity index (χ1v) is 6.63. The summed E-state index contributed by atoms with van der Waals surface area (Å²) in [5.74, 6) is -0.224. The Morgan fingerprint density at radius 3 is 2.67 bits per heavy atom. The monoisotopic (exact) mass is 315 g/mol. The molecule has 1 atom stereocenters. The number of hydrogen-bond acceptors (Lipinski definition) is 3. The quantitative estimate of drug-likeness (QED) is 0.781. The summed E-state index contributed by atoms with van der Waals surface area (Å²) in [6, 6.07) is 4.67. The van der Waals surface area contributed by atoms with Gasteiger partial charge in [0.15, 0.2) is 0 Å². The third kappa shape index (κ3) is 3.71. The molecule has 3 N–H and O–H groups in total. The number of benzene rings is 1. The summed E-state index contributed by atoms with van der Waals surface area (Å²) < 4.78 is 0.549. The highest BCUT2D eigenvalue weighted by Crippen LogP contribution is 2.24. The first kappa shape index (κ1) is 15.0. The normalized spacial score (nSPS) is 14.0.